The number of carboxylic acids is 1. The lowest BCUT2D eigenvalue weighted by atomic mass is 9.95. The Morgan fingerprint density at radius 3 is 2.36 bits per heavy atom. The summed E-state index contributed by atoms with van der Waals surface area (Å²) in [6.07, 6.45) is 1.80. The van der Waals surface area contributed by atoms with E-state index in [0.717, 1.165) is 11.1 Å². The molecule has 4 N–H and O–H groups in total. The highest BCUT2D eigenvalue weighted by Crippen LogP contribution is 2.50. The second kappa shape index (κ2) is 14.6. The highest BCUT2D eigenvalue weighted by molar-refractivity contribution is 5.86. The number of aryl methyl sites for hydroxylation is 1. The van der Waals surface area contributed by atoms with Gasteiger partial charge in [0.1, 0.15) is 6.04 Å². The van der Waals surface area contributed by atoms with Gasteiger partial charge in [0.15, 0.2) is 11.5 Å². The Balaban J connectivity index is 2.14. The summed E-state index contributed by atoms with van der Waals surface area (Å²) in [6.45, 7) is 5.59. The summed E-state index contributed by atoms with van der Waals surface area (Å²) in [6, 6.07) is 5.64. The lowest BCUT2D eigenvalue weighted by molar-refractivity contribution is -0.137. The molecule has 11 nitrogen and oxygen atoms in total. The minimum absolute atomic E-state index is 0.0512. The minimum Gasteiger partial charge on any atom is -0.493 e. The summed E-state index contributed by atoms with van der Waals surface area (Å²) in [5.41, 5.74) is 2.81. The van der Waals surface area contributed by atoms with E-state index in [4.69, 9.17) is 19.3 Å². The summed E-state index contributed by atoms with van der Waals surface area (Å²) >= 11 is 0. The smallest absolute Gasteiger partial charge is 0.303 e. The average Bonchev–Trinajstić information content (AvgIpc) is 3.17. The van der Waals surface area contributed by atoms with Gasteiger partial charge in [-0.2, -0.15) is 0 Å². The van der Waals surface area contributed by atoms with Gasteiger partial charge in [0.05, 0.1) is 33.1 Å². The minimum atomic E-state index is -0.930. The molecule has 0 fully saturated rings. The van der Waals surface area contributed by atoms with Crippen molar-refractivity contribution >= 4 is 23.5 Å². The molecule has 0 heterocycles. The third-order valence-electron chi connectivity index (χ3n) is 7.14. The first-order valence-corrected chi connectivity index (χ1v) is 14.0. The van der Waals surface area contributed by atoms with Crippen LogP contribution in [0.3, 0.4) is 0 Å². The van der Waals surface area contributed by atoms with Gasteiger partial charge in [-0.15, -0.1) is 0 Å². The fraction of sp³-hybridized carbons (Fsp3) is 0.484. The molecule has 3 rings (SSSR count). The predicted octanol–water partition coefficient (Wildman–Crippen LogP) is 3.67. The number of hydrogen-bond acceptors (Lipinski definition) is 8. The Morgan fingerprint density at radius 2 is 1.76 bits per heavy atom. The van der Waals surface area contributed by atoms with Crippen LogP contribution in [0.5, 0.6) is 17.2 Å². The number of hydrogen-bond donors (Lipinski definition) is 4. The lowest BCUT2D eigenvalue weighted by Gasteiger charge is -2.20. The summed E-state index contributed by atoms with van der Waals surface area (Å²) in [7, 11) is 4.61. The van der Waals surface area contributed by atoms with Gasteiger partial charge < -0.3 is 35.3 Å². The highest BCUT2D eigenvalue weighted by Gasteiger charge is 2.30. The van der Waals surface area contributed by atoms with Gasteiger partial charge in [-0.25, -0.2) is 0 Å². The highest BCUT2D eigenvalue weighted by atomic mass is 16.5. The largest absolute Gasteiger partial charge is 0.493 e. The van der Waals surface area contributed by atoms with Crippen LogP contribution in [0.4, 0.5) is 5.69 Å². The molecule has 1 aliphatic rings. The summed E-state index contributed by atoms with van der Waals surface area (Å²) < 4.78 is 17.0. The normalized spacial score (nSPS) is 14.5. The van der Waals surface area contributed by atoms with E-state index < -0.39 is 18.1 Å². The maximum absolute atomic E-state index is 13.7. The van der Waals surface area contributed by atoms with Crippen molar-refractivity contribution in [3.8, 4) is 28.4 Å². The molecule has 0 spiro atoms. The second-order valence-electron chi connectivity index (χ2n) is 10.7. The van der Waals surface area contributed by atoms with Gasteiger partial charge in [0.25, 0.3) is 0 Å². The molecule has 2 aromatic rings. The van der Waals surface area contributed by atoms with E-state index in [-0.39, 0.29) is 41.8 Å². The van der Waals surface area contributed by atoms with Crippen LogP contribution in [0, 0.1) is 5.92 Å². The number of nitrogens with one attached hydrogen (secondary N) is 3. The Labute approximate surface area is 245 Å². The van der Waals surface area contributed by atoms with Crippen molar-refractivity contribution < 1.29 is 33.7 Å². The van der Waals surface area contributed by atoms with Crippen LogP contribution >= 0.6 is 0 Å². The zero-order chi connectivity index (χ0) is 31.0. The van der Waals surface area contributed by atoms with Crippen LogP contribution in [0.15, 0.2) is 29.1 Å². The average molecular weight is 584 g/mol. The third-order valence-corrected chi connectivity index (χ3v) is 7.14. The fourth-order valence-electron chi connectivity index (χ4n) is 5.29. The maximum atomic E-state index is 13.7. The first kappa shape index (κ1) is 32.2. The van der Waals surface area contributed by atoms with Gasteiger partial charge in [0.2, 0.25) is 23.0 Å². The molecule has 0 unspecified atom stereocenters. The Morgan fingerprint density at radius 1 is 1.05 bits per heavy atom. The van der Waals surface area contributed by atoms with E-state index in [0.29, 0.717) is 54.1 Å². The number of methoxy groups -OCH3 is 3. The van der Waals surface area contributed by atoms with E-state index in [1.807, 2.05) is 19.9 Å². The molecule has 1 aliphatic carbocycles. The van der Waals surface area contributed by atoms with Crippen molar-refractivity contribution in [3.63, 3.8) is 0 Å². The lowest BCUT2D eigenvalue weighted by Crippen LogP contribution is -2.41. The number of carbonyl (C=O) groups excluding carboxylic acids is 2. The van der Waals surface area contributed by atoms with E-state index in [9.17, 15) is 19.2 Å². The fourth-order valence-corrected chi connectivity index (χ4v) is 5.29. The van der Waals surface area contributed by atoms with Crippen LogP contribution in [0.2, 0.25) is 0 Å². The standard InChI is InChI=1S/C31H41N3O8/c1-17(2)14-24(31(39)32-13-7-8-27(37)38)34-23-12-10-20-21(16-25(23)36)22(33-18(3)35)11-9-19-15-26(40-4)29(41-5)30(42-6)28(19)20/h10,12,15-17,22,24H,7-9,11,13-14H2,1-6H3,(H,32,39)(H,33,35)(H,34,36)(H,37,38)/t22-,24-/m0/s1. The molecule has 0 saturated heterocycles. The van der Waals surface area contributed by atoms with Crippen molar-refractivity contribution in [1.82, 2.24) is 10.6 Å². The Bertz CT molecular complexity index is 1370. The molecular weight excluding hydrogens is 542 g/mol. The van der Waals surface area contributed by atoms with Gasteiger partial charge >= 0.3 is 5.97 Å². The van der Waals surface area contributed by atoms with Gasteiger partial charge in [-0.05, 0) is 66.5 Å². The van der Waals surface area contributed by atoms with Crippen molar-refractivity contribution in [2.75, 3.05) is 33.2 Å². The van der Waals surface area contributed by atoms with Crippen molar-refractivity contribution in [2.45, 2.75) is 65.0 Å². The maximum Gasteiger partial charge on any atom is 0.303 e. The zero-order valence-electron chi connectivity index (χ0n) is 25.1. The first-order valence-electron chi connectivity index (χ1n) is 14.0. The molecule has 2 aromatic carbocycles. The monoisotopic (exact) mass is 583 g/mol. The number of benzene rings is 1. The Kier molecular flexibility index (Phi) is 11.2. The molecule has 0 aromatic heterocycles. The number of fused-ring (bicyclic) bond motifs is 3. The molecule has 0 saturated carbocycles. The number of carbonyl (C=O) groups is 3. The predicted molar refractivity (Wildman–Crippen MR) is 159 cm³/mol. The number of rotatable bonds is 13. The molecular formula is C31H41N3O8. The summed E-state index contributed by atoms with van der Waals surface area (Å²) in [5.74, 6) is 0.0227. The van der Waals surface area contributed by atoms with Crippen LogP contribution in [0.25, 0.3) is 11.1 Å². The van der Waals surface area contributed by atoms with Crippen LogP contribution in [-0.2, 0) is 20.8 Å². The van der Waals surface area contributed by atoms with Gasteiger partial charge in [-0.3, -0.25) is 19.2 Å². The van der Waals surface area contributed by atoms with Crippen molar-refractivity contribution in [1.29, 1.82) is 0 Å². The van der Waals surface area contributed by atoms with Crippen LogP contribution in [-0.4, -0.2) is 56.8 Å². The molecule has 0 radical (unpaired) electrons. The number of anilines is 1. The molecule has 228 valence electrons. The van der Waals surface area contributed by atoms with Crippen LogP contribution in [0.1, 0.15) is 63.6 Å². The van der Waals surface area contributed by atoms with E-state index >= 15 is 0 Å². The quantitative estimate of drug-likeness (QED) is 0.259. The van der Waals surface area contributed by atoms with Gasteiger partial charge in [-0.1, -0.05) is 19.9 Å². The molecule has 2 atom stereocenters. The molecule has 11 heteroatoms. The second-order valence-corrected chi connectivity index (χ2v) is 10.7. The number of amides is 2. The van der Waals surface area contributed by atoms with Crippen molar-refractivity contribution in [2.24, 2.45) is 5.92 Å². The topological polar surface area (TPSA) is 152 Å². The SMILES string of the molecule is COc1cc2c(c(OC)c1OC)-c1ccc(N[C@@H](CC(C)C)C(=O)NCCCC(=O)O)c(=O)cc1[C@@H](NC(C)=O)CC2. The third kappa shape index (κ3) is 7.71. The van der Waals surface area contributed by atoms with Gasteiger partial charge in [0, 0.05) is 25.5 Å². The number of ether oxygens (including phenoxy) is 3. The summed E-state index contributed by atoms with van der Waals surface area (Å²) in [4.78, 5) is 49.7. The molecule has 0 bridgehead atoms. The molecule has 0 aliphatic heterocycles. The number of carboxylic acid groups (broad SMARTS) is 1. The molecule has 42 heavy (non-hydrogen) atoms. The van der Waals surface area contributed by atoms with E-state index in [1.54, 1.807) is 19.2 Å². The number of aliphatic carboxylic acids is 1. The van der Waals surface area contributed by atoms with Crippen LogP contribution < -0.4 is 35.6 Å². The summed E-state index contributed by atoms with van der Waals surface area (Å²) in [5, 5.41) is 17.8. The Hall–Kier alpha value is -4.28. The van der Waals surface area contributed by atoms with E-state index in [1.165, 1.54) is 27.2 Å². The first-order chi connectivity index (χ1) is 20.0. The molecule has 2 amide bonds. The van der Waals surface area contributed by atoms with Crippen molar-refractivity contribution in [3.05, 3.63) is 45.6 Å². The van der Waals surface area contributed by atoms with E-state index in [2.05, 4.69) is 16.0 Å². The zero-order valence-corrected chi connectivity index (χ0v) is 25.1.